The first kappa shape index (κ1) is 17.3. The molecule has 0 aliphatic heterocycles. The van der Waals surface area contributed by atoms with Gasteiger partial charge in [-0.05, 0) is 38.0 Å². The van der Waals surface area contributed by atoms with Gasteiger partial charge in [0.05, 0.1) is 5.56 Å². The van der Waals surface area contributed by atoms with Gasteiger partial charge in [0.1, 0.15) is 6.04 Å². The molecule has 0 heterocycles. The molecular weight excluding hydrogens is 281 g/mol. The van der Waals surface area contributed by atoms with Gasteiger partial charge < -0.3 is 10.6 Å². The minimum Gasteiger partial charge on any atom is -0.374 e. The molecule has 0 spiro atoms. The van der Waals surface area contributed by atoms with Crippen LogP contribution < -0.4 is 10.6 Å². The average Bonchev–Trinajstić information content (AvgIpc) is 2.40. The van der Waals surface area contributed by atoms with E-state index < -0.39 is 17.8 Å². The Morgan fingerprint density at radius 1 is 1.33 bits per heavy atom. The second kappa shape index (κ2) is 7.33. The Hall–Kier alpha value is -1.72. The molecule has 1 unspecified atom stereocenters. The van der Waals surface area contributed by atoms with Crippen LogP contribution in [0.1, 0.15) is 37.8 Å². The molecule has 1 amide bonds. The fourth-order valence-corrected chi connectivity index (χ4v) is 1.79. The van der Waals surface area contributed by atoms with E-state index in [1.807, 2.05) is 6.92 Å². The van der Waals surface area contributed by atoms with Crippen molar-refractivity contribution in [1.29, 1.82) is 0 Å². The molecule has 0 aromatic heterocycles. The molecule has 2 N–H and O–H groups in total. The number of unbranched alkanes of at least 4 members (excludes halogenated alkanes) is 1. The van der Waals surface area contributed by atoms with E-state index in [-0.39, 0.29) is 5.91 Å². The molecule has 6 heteroatoms. The van der Waals surface area contributed by atoms with Gasteiger partial charge in [-0.1, -0.05) is 19.4 Å². The number of anilines is 1. The van der Waals surface area contributed by atoms with Crippen molar-refractivity contribution in [2.45, 2.75) is 45.8 Å². The van der Waals surface area contributed by atoms with Gasteiger partial charge in [0.25, 0.3) is 0 Å². The zero-order valence-electron chi connectivity index (χ0n) is 12.5. The first-order chi connectivity index (χ1) is 9.75. The van der Waals surface area contributed by atoms with Gasteiger partial charge in [-0.2, -0.15) is 13.2 Å². The quantitative estimate of drug-likeness (QED) is 0.786. The van der Waals surface area contributed by atoms with Crippen LogP contribution in [0, 0.1) is 6.92 Å². The third-order valence-corrected chi connectivity index (χ3v) is 3.16. The highest BCUT2D eigenvalue weighted by molar-refractivity contribution is 5.84. The molecule has 3 nitrogen and oxygen atoms in total. The van der Waals surface area contributed by atoms with Crippen molar-refractivity contribution in [3.63, 3.8) is 0 Å². The summed E-state index contributed by atoms with van der Waals surface area (Å²) in [5, 5.41) is 5.58. The highest BCUT2D eigenvalue weighted by atomic mass is 19.4. The van der Waals surface area contributed by atoms with E-state index in [1.165, 1.54) is 6.07 Å². The molecule has 0 saturated heterocycles. The third kappa shape index (κ3) is 5.28. The number of alkyl halides is 3. The van der Waals surface area contributed by atoms with Crippen LogP contribution in [-0.4, -0.2) is 18.5 Å². The average molecular weight is 302 g/mol. The summed E-state index contributed by atoms with van der Waals surface area (Å²) in [7, 11) is 0. The lowest BCUT2D eigenvalue weighted by molar-refractivity contribution is -0.137. The topological polar surface area (TPSA) is 41.1 Å². The van der Waals surface area contributed by atoms with Crippen LogP contribution >= 0.6 is 0 Å². The van der Waals surface area contributed by atoms with Crippen molar-refractivity contribution >= 4 is 11.6 Å². The summed E-state index contributed by atoms with van der Waals surface area (Å²) in [6, 6.07) is 2.87. The lowest BCUT2D eigenvalue weighted by atomic mass is 10.1. The predicted molar refractivity (Wildman–Crippen MR) is 77.2 cm³/mol. The van der Waals surface area contributed by atoms with Gasteiger partial charge in [0, 0.05) is 12.2 Å². The number of carbonyl (C=O) groups excluding carboxylic acids is 1. The molecule has 0 aliphatic rings. The monoisotopic (exact) mass is 302 g/mol. The summed E-state index contributed by atoms with van der Waals surface area (Å²) in [4.78, 5) is 11.8. The van der Waals surface area contributed by atoms with E-state index in [2.05, 4.69) is 10.6 Å². The highest BCUT2D eigenvalue weighted by Gasteiger charge is 2.31. The fourth-order valence-electron chi connectivity index (χ4n) is 1.79. The van der Waals surface area contributed by atoms with E-state index in [0.717, 1.165) is 25.0 Å². The Bertz CT molecular complexity index is 486. The van der Waals surface area contributed by atoms with Crippen molar-refractivity contribution in [1.82, 2.24) is 5.32 Å². The van der Waals surface area contributed by atoms with Crippen molar-refractivity contribution < 1.29 is 18.0 Å². The molecular formula is C15H21F3N2O. The molecule has 0 aliphatic carbocycles. The SMILES string of the molecule is CCCCNC(=O)C(C)Nc1cc(C(F)(F)F)ccc1C. The minimum atomic E-state index is -4.39. The molecule has 1 rings (SSSR count). The zero-order valence-corrected chi connectivity index (χ0v) is 12.5. The maximum absolute atomic E-state index is 12.7. The van der Waals surface area contributed by atoms with Gasteiger partial charge in [0.2, 0.25) is 5.91 Å². The smallest absolute Gasteiger partial charge is 0.374 e. The number of halogens is 3. The first-order valence-electron chi connectivity index (χ1n) is 6.97. The number of carbonyl (C=O) groups is 1. The number of benzene rings is 1. The Morgan fingerprint density at radius 2 is 2.00 bits per heavy atom. The summed E-state index contributed by atoms with van der Waals surface area (Å²) in [5.74, 6) is -0.222. The van der Waals surface area contributed by atoms with Crippen LogP contribution in [0.5, 0.6) is 0 Å². The van der Waals surface area contributed by atoms with Crippen LogP contribution in [0.25, 0.3) is 0 Å². The number of hydrogen-bond donors (Lipinski definition) is 2. The van der Waals surface area contributed by atoms with Crippen LogP contribution in [0.4, 0.5) is 18.9 Å². The lowest BCUT2D eigenvalue weighted by Crippen LogP contribution is -2.38. The molecule has 118 valence electrons. The molecule has 1 aromatic carbocycles. The van der Waals surface area contributed by atoms with Crippen LogP contribution in [-0.2, 0) is 11.0 Å². The maximum atomic E-state index is 12.7. The number of rotatable bonds is 6. The summed E-state index contributed by atoms with van der Waals surface area (Å²) >= 11 is 0. The van der Waals surface area contributed by atoms with Crippen molar-refractivity contribution in [3.8, 4) is 0 Å². The normalized spacial score (nSPS) is 12.9. The second-order valence-corrected chi connectivity index (χ2v) is 5.04. The summed E-state index contributed by atoms with van der Waals surface area (Å²) in [5.41, 5.74) is 0.258. The Labute approximate surface area is 122 Å². The van der Waals surface area contributed by atoms with Crippen LogP contribution in [0.2, 0.25) is 0 Å². The molecule has 1 aromatic rings. The van der Waals surface area contributed by atoms with E-state index in [0.29, 0.717) is 17.8 Å². The fraction of sp³-hybridized carbons (Fsp3) is 0.533. The summed E-state index contributed by atoms with van der Waals surface area (Å²) in [6.07, 6.45) is -2.55. The van der Waals surface area contributed by atoms with E-state index in [4.69, 9.17) is 0 Å². The Balaban J connectivity index is 2.75. The first-order valence-corrected chi connectivity index (χ1v) is 6.97. The number of amides is 1. The van der Waals surface area contributed by atoms with Crippen LogP contribution in [0.15, 0.2) is 18.2 Å². The zero-order chi connectivity index (χ0) is 16.0. The van der Waals surface area contributed by atoms with Gasteiger partial charge in [-0.3, -0.25) is 4.79 Å². The van der Waals surface area contributed by atoms with Crippen LogP contribution in [0.3, 0.4) is 0 Å². The highest BCUT2D eigenvalue weighted by Crippen LogP contribution is 2.32. The largest absolute Gasteiger partial charge is 0.416 e. The predicted octanol–water partition coefficient (Wildman–Crippen LogP) is 3.73. The maximum Gasteiger partial charge on any atom is 0.416 e. The molecule has 0 saturated carbocycles. The molecule has 21 heavy (non-hydrogen) atoms. The van der Waals surface area contributed by atoms with Crippen molar-refractivity contribution in [3.05, 3.63) is 29.3 Å². The molecule has 0 fully saturated rings. The van der Waals surface area contributed by atoms with Crippen molar-refractivity contribution in [2.24, 2.45) is 0 Å². The standard InChI is InChI=1S/C15H21F3N2O/c1-4-5-8-19-14(21)11(3)20-13-9-12(15(16,17)18)7-6-10(13)2/h6-7,9,11,20H,4-5,8H2,1-3H3,(H,19,21). The third-order valence-electron chi connectivity index (χ3n) is 3.16. The van der Waals surface area contributed by atoms with Crippen molar-refractivity contribution in [2.75, 3.05) is 11.9 Å². The Morgan fingerprint density at radius 3 is 2.57 bits per heavy atom. The number of hydrogen-bond acceptors (Lipinski definition) is 2. The van der Waals surface area contributed by atoms with E-state index >= 15 is 0 Å². The molecule has 0 bridgehead atoms. The Kier molecular flexibility index (Phi) is 6.05. The summed E-state index contributed by atoms with van der Waals surface area (Å²) in [6.45, 7) is 5.91. The molecule has 1 atom stereocenters. The van der Waals surface area contributed by atoms with Gasteiger partial charge >= 0.3 is 6.18 Å². The number of aryl methyl sites for hydroxylation is 1. The van der Waals surface area contributed by atoms with Gasteiger partial charge in [-0.25, -0.2) is 0 Å². The lowest BCUT2D eigenvalue weighted by Gasteiger charge is -2.18. The minimum absolute atomic E-state index is 0.222. The van der Waals surface area contributed by atoms with E-state index in [9.17, 15) is 18.0 Å². The van der Waals surface area contributed by atoms with E-state index in [1.54, 1.807) is 13.8 Å². The number of nitrogens with one attached hydrogen (secondary N) is 2. The van der Waals surface area contributed by atoms with Gasteiger partial charge in [-0.15, -0.1) is 0 Å². The summed E-state index contributed by atoms with van der Waals surface area (Å²) < 4.78 is 38.1. The van der Waals surface area contributed by atoms with Gasteiger partial charge in [0.15, 0.2) is 0 Å². The molecule has 0 radical (unpaired) electrons. The second-order valence-electron chi connectivity index (χ2n) is 5.04.